The van der Waals surface area contributed by atoms with E-state index in [4.69, 9.17) is 9.97 Å². The minimum atomic E-state index is 0.683. The summed E-state index contributed by atoms with van der Waals surface area (Å²) in [6.45, 7) is 0. The maximum absolute atomic E-state index is 5.27. The Morgan fingerprint density at radius 2 is 0.780 bits per heavy atom. The lowest BCUT2D eigenvalue weighted by atomic mass is 9.85. The SMILES string of the molecule is c1ccc(-c2cc(-c3ccccc3-c3ccncc3)nc(-c3cccc(-c4c5ccccc5c(-c5ccccc5)c5ccccc45)c3)n2)cc1. The number of hydrogen-bond acceptors (Lipinski definition) is 3. The Morgan fingerprint density at radius 1 is 0.300 bits per heavy atom. The van der Waals surface area contributed by atoms with Crippen LogP contribution in [0.15, 0.2) is 188 Å². The lowest BCUT2D eigenvalue weighted by Crippen LogP contribution is -1.97. The number of fused-ring (bicyclic) bond motifs is 2. The lowest BCUT2D eigenvalue weighted by Gasteiger charge is -2.18. The first-order valence-corrected chi connectivity index (χ1v) is 16.9. The van der Waals surface area contributed by atoms with E-state index in [0.29, 0.717) is 5.82 Å². The molecular formula is C47H31N3. The number of aromatic nitrogens is 3. The predicted molar refractivity (Wildman–Crippen MR) is 207 cm³/mol. The van der Waals surface area contributed by atoms with Crippen LogP contribution in [-0.4, -0.2) is 15.0 Å². The minimum absolute atomic E-state index is 0.683. The van der Waals surface area contributed by atoms with E-state index in [9.17, 15) is 0 Å². The molecule has 0 aliphatic heterocycles. The molecule has 234 valence electrons. The summed E-state index contributed by atoms with van der Waals surface area (Å²) in [6.07, 6.45) is 3.66. The second kappa shape index (κ2) is 12.7. The minimum Gasteiger partial charge on any atom is -0.265 e. The number of hydrogen-bond donors (Lipinski definition) is 0. The molecule has 0 bridgehead atoms. The standard InChI is InChI=1S/C47H31N3/c1-3-14-33(15-4-1)43-31-44(38-21-8-7-20-37(38)32-26-28-48-29-27-32)50-47(49-43)36-19-13-18-35(30-36)46-41-24-11-9-22-39(41)45(34-16-5-2-6-17-34)40-23-10-12-25-42(40)46/h1-31H. The van der Waals surface area contributed by atoms with Crippen LogP contribution in [0, 0.1) is 0 Å². The van der Waals surface area contributed by atoms with Crippen molar-refractivity contribution < 1.29 is 0 Å². The van der Waals surface area contributed by atoms with E-state index >= 15 is 0 Å². The van der Waals surface area contributed by atoms with E-state index in [1.807, 2.05) is 30.6 Å². The van der Waals surface area contributed by atoms with Crippen LogP contribution in [0.3, 0.4) is 0 Å². The zero-order valence-corrected chi connectivity index (χ0v) is 27.2. The number of benzene rings is 7. The van der Waals surface area contributed by atoms with Crippen molar-refractivity contribution >= 4 is 21.5 Å². The maximum Gasteiger partial charge on any atom is 0.160 e. The van der Waals surface area contributed by atoms with Crippen LogP contribution in [0.4, 0.5) is 0 Å². The highest BCUT2D eigenvalue weighted by Crippen LogP contribution is 2.44. The van der Waals surface area contributed by atoms with Crippen molar-refractivity contribution in [3.05, 3.63) is 188 Å². The van der Waals surface area contributed by atoms with Gasteiger partial charge in [0.1, 0.15) is 0 Å². The Morgan fingerprint density at radius 3 is 1.42 bits per heavy atom. The van der Waals surface area contributed by atoms with Crippen molar-refractivity contribution in [2.24, 2.45) is 0 Å². The van der Waals surface area contributed by atoms with Gasteiger partial charge in [0.05, 0.1) is 11.4 Å². The van der Waals surface area contributed by atoms with Crippen molar-refractivity contribution in [1.82, 2.24) is 15.0 Å². The fourth-order valence-corrected chi connectivity index (χ4v) is 7.13. The van der Waals surface area contributed by atoms with Crippen LogP contribution in [0.1, 0.15) is 0 Å². The van der Waals surface area contributed by atoms with Crippen LogP contribution < -0.4 is 0 Å². The normalized spacial score (nSPS) is 11.2. The van der Waals surface area contributed by atoms with E-state index in [-0.39, 0.29) is 0 Å². The van der Waals surface area contributed by atoms with Crippen molar-refractivity contribution in [3.8, 4) is 67.3 Å². The number of nitrogens with zero attached hydrogens (tertiary/aromatic N) is 3. The van der Waals surface area contributed by atoms with Crippen LogP contribution >= 0.6 is 0 Å². The van der Waals surface area contributed by atoms with Gasteiger partial charge in [-0.1, -0.05) is 152 Å². The molecule has 0 radical (unpaired) electrons. The van der Waals surface area contributed by atoms with Gasteiger partial charge in [-0.2, -0.15) is 0 Å². The summed E-state index contributed by atoms with van der Waals surface area (Å²) in [6, 6.07) is 61.9. The fraction of sp³-hybridized carbons (Fsp3) is 0. The molecule has 3 heteroatoms. The van der Waals surface area contributed by atoms with Gasteiger partial charge in [0, 0.05) is 29.1 Å². The Labute approximate surface area is 291 Å². The summed E-state index contributed by atoms with van der Waals surface area (Å²) >= 11 is 0. The van der Waals surface area contributed by atoms with Gasteiger partial charge in [0.25, 0.3) is 0 Å². The highest BCUT2D eigenvalue weighted by molar-refractivity contribution is 6.21. The summed E-state index contributed by atoms with van der Waals surface area (Å²) < 4.78 is 0. The summed E-state index contributed by atoms with van der Waals surface area (Å²) in [5.74, 6) is 0.683. The first kappa shape index (κ1) is 29.4. The Kier molecular flexibility index (Phi) is 7.49. The molecule has 0 N–H and O–H groups in total. The van der Waals surface area contributed by atoms with E-state index in [0.717, 1.165) is 44.8 Å². The van der Waals surface area contributed by atoms with Crippen LogP contribution in [0.25, 0.3) is 88.8 Å². The smallest absolute Gasteiger partial charge is 0.160 e. The molecular weight excluding hydrogens is 607 g/mol. The van der Waals surface area contributed by atoms with Crippen molar-refractivity contribution in [2.75, 3.05) is 0 Å². The molecule has 7 aromatic carbocycles. The molecule has 0 unspecified atom stereocenters. The van der Waals surface area contributed by atoms with Gasteiger partial charge in [0.15, 0.2) is 5.82 Å². The molecule has 2 heterocycles. The van der Waals surface area contributed by atoms with Gasteiger partial charge in [-0.25, -0.2) is 9.97 Å². The predicted octanol–water partition coefficient (Wildman–Crippen LogP) is 12.2. The van der Waals surface area contributed by atoms with E-state index < -0.39 is 0 Å². The van der Waals surface area contributed by atoms with E-state index in [1.54, 1.807) is 0 Å². The third-order valence-corrected chi connectivity index (χ3v) is 9.39. The molecule has 3 nitrogen and oxygen atoms in total. The Bertz CT molecular complexity index is 2580. The molecule has 0 saturated heterocycles. The molecule has 0 aliphatic rings. The molecule has 9 rings (SSSR count). The van der Waals surface area contributed by atoms with E-state index in [1.165, 1.54) is 38.2 Å². The van der Waals surface area contributed by atoms with Crippen LogP contribution in [0.2, 0.25) is 0 Å². The zero-order chi connectivity index (χ0) is 33.3. The summed E-state index contributed by atoms with van der Waals surface area (Å²) in [5.41, 5.74) is 11.8. The molecule has 9 aromatic rings. The third kappa shape index (κ3) is 5.32. The topological polar surface area (TPSA) is 38.7 Å². The summed E-state index contributed by atoms with van der Waals surface area (Å²) in [7, 11) is 0. The Hall–Kier alpha value is -6.71. The summed E-state index contributed by atoms with van der Waals surface area (Å²) in [5, 5.41) is 4.89. The van der Waals surface area contributed by atoms with Crippen molar-refractivity contribution in [3.63, 3.8) is 0 Å². The molecule has 0 aliphatic carbocycles. The van der Waals surface area contributed by atoms with Gasteiger partial charge in [-0.3, -0.25) is 4.98 Å². The number of pyridine rings is 1. The maximum atomic E-state index is 5.27. The average molecular weight is 638 g/mol. The first-order chi connectivity index (χ1) is 24.8. The van der Waals surface area contributed by atoms with Gasteiger partial charge < -0.3 is 0 Å². The van der Waals surface area contributed by atoms with Crippen molar-refractivity contribution in [1.29, 1.82) is 0 Å². The molecule has 2 aromatic heterocycles. The molecule has 0 amide bonds. The van der Waals surface area contributed by atoms with Gasteiger partial charge in [-0.15, -0.1) is 0 Å². The Balaban J connectivity index is 1.26. The third-order valence-electron chi connectivity index (χ3n) is 9.39. The first-order valence-electron chi connectivity index (χ1n) is 16.9. The molecule has 0 fully saturated rings. The highest BCUT2D eigenvalue weighted by atomic mass is 14.9. The van der Waals surface area contributed by atoms with Crippen LogP contribution in [0.5, 0.6) is 0 Å². The molecule has 0 atom stereocenters. The second-order valence-corrected chi connectivity index (χ2v) is 12.4. The summed E-state index contributed by atoms with van der Waals surface area (Å²) in [4.78, 5) is 14.7. The second-order valence-electron chi connectivity index (χ2n) is 12.4. The average Bonchev–Trinajstić information content (AvgIpc) is 3.20. The van der Waals surface area contributed by atoms with Gasteiger partial charge in [0.2, 0.25) is 0 Å². The quantitative estimate of drug-likeness (QED) is 0.170. The van der Waals surface area contributed by atoms with Gasteiger partial charge in [-0.05, 0) is 79.2 Å². The monoisotopic (exact) mass is 637 g/mol. The van der Waals surface area contributed by atoms with Gasteiger partial charge >= 0.3 is 0 Å². The number of rotatable bonds is 6. The zero-order valence-electron chi connectivity index (χ0n) is 27.2. The fourth-order valence-electron chi connectivity index (χ4n) is 7.13. The van der Waals surface area contributed by atoms with Crippen LogP contribution in [-0.2, 0) is 0 Å². The largest absolute Gasteiger partial charge is 0.265 e. The molecule has 0 spiro atoms. The highest BCUT2D eigenvalue weighted by Gasteiger charge is 2.18. The van der Waals surface area contributed by atoms with Crippen molar-refractivity contribution in [2.45, 2.75) is 0 Å². The molecule has 0 saturated carbocycles. The lowest BCUT2D eigenvalue weighted by molar-refractivity contribution is 1.18. The van der Waals surface area contributed by atoms with E-state index in [2.05, 4.69) is 163 Å². The molecule has 50 heavy (non-hydrogen) atoms.